The van der Waals surface area contributed by atoms with E-state index in [1.165, 1.54) is 0 Å². The maximum Gasteiger partial charge on any atom is 0.330 e. The van der Waals surface area contributed by atoms with E-state index in [1.54, 1.807) is 18.4 Å². The minimum Gasteiger partial charge on any atom is -0.498 e. The molecule has 0 heterocycles. The van der Waals surface area contributed by atoms with Crippen LogP contribution in [0.15, 0.2) is 37.6 Å². The van der Waals surface area contributed by atoms with E-state index in [0.29, 0.717) is 6.42 Å². The van der Waals surface area contributed by atoms with Crippen molar-refractivity contribution >= 4 is 5.97 Å². The Hall–Kier alpha value is -1.51. The van der Waals surface area contributed by atoms with Gasteiger partial charge >= 0.3 is 5.97 Å². The van der Waals surface area contributed by atoms with Crippen molar-refractivity contribution in [1.29, 1.82) is 0 Å². The highest BCUT2D eigenvalue weighted by Crippen LogP contribution is 2.06. The highest BCUT2D eigenvalue weighted by molar-refractivity contribution is 5.81. The summed E-state index contributed by atoms with van der Waals surface area (Å²) in [5.74, 6) is -0.406. The lowest BCUT2D eigenvalue weighted by molar-refractivity contribution is -0.143. The Morgan fingerprint density at radius 1 is 1.33 bits per heavy atom. The lowest BCUT2D eigenvalue weighted by Crippen LogP contribution is -2.19. The van der Waals surface area contributed by atoms with Crippen LogP contribution < -0.4 is 0 Å². The molecule has 0 aromatic heterocycles. The molecule has 0 bridgehead atoms. The van der Waals surface area contributed by atoms with Crippen molar-refractivity contribution in [2.75, 3.05) is 0 Å². The van der Waals surface area contributed by atoms with Gasteiger partial charge in [-0.3, -0.25) is 0 Å². The van der Waals surface area contributed by atoms with Crippen LogP contribution in [0.25, 0.3) is 0 Å². The quantitative estimate of drug-likeness (QED) is 0.280. The molecule has 0 N–H and O–H groups in total. The zero-order valence-corrected chi connectivity index (χ0v) is 9.31. The van der Waals surface area contributed by atoms with Crippen LogP contribution in [-0.2, 0) is 14.3 Å². The number of hydrogen-bond donors (Lipinski definition) is 0. The molecule has 0 unspecified atom stereocenters. The van der Waals surface area contributed by atoms with Crippen molar-refractivity contribution in [1.82, 2.24) is 0 Å². The number of carbonyl (C=O) groups is 1. The molecule has 0 radical (unpaired) electrons. The Kier molecular flexibility index (Phi) is 7.06. The van der Waals surface area contributed by atoms with Gasteiger partial charge in [-0.1, -0.05) is 19.2 Å². The van der Waals surface area contributed by atoms with E-state index in [9.17, 15) is 4.79 Å². The van der Waals surface area contributed by atoms with Crippen molar-refractivity contribution in [3.8, 4) is 0 Å². The van der Waals surface area contributed by atoms with Gasteiger partial charge in [-0.15, -0.1) is 0 Å². The number of hydrogen-bond acceptors (Lipinski definition) is 3. The molecule has 0 aromatic rings. The Morgan fingerprint density at radius 2 is 2.00 bits per heavy atom. The smallest absolute Gasteiger partial charge is 0.330 e. The molecular weight excluding hydrogens is 192 g/mol. The average Bonchev–Trinajstić information content (AvgIpc) is 2.17. The molecule has 0 spiro atoms. The van der Waals surface area contributed by atoms with Gasteiger partial charge < -0.3 is 9.47 Å². The zero-order valence-electron chi connectivity index (χ0n) is 9.31. The van der Waals surface area contributed by atoms with Gasteiger partial charge in [0, 0.05) is 12.5 Å². The summed E-state index contributed by atoms with van der Waals surface area (Å²) >= 11 is 0. The summed E-state index contributed by atoms with van der Waals surface area (Å²) in [7, 11) is 0. The summed E-state index contributed by atoms with van der Waals surface area (Å²) in [6.45, 7) is 10.6. The van der Waals surface area contributed by atoms with E-state index in [1.807, 2.05) is 13.8 Å². The molecule has 0 aliphatic rings. The van der Waals surface area contributed by atoms with Crippen LogP contribution in [0.5, 0.6) is 0 Å². The fourth-order valence-electron chi connectivity index (χ4n) is 1.05. The number of esters is 1. The second kappa shape index (κ2) is 7.85. The van der Waals surface area contributed by atoms with Crippen molar-refractivity contribution in [3.05, 3.63) is 37.6 Å². The van der Waals surface area contributed by atoms with Crippen LogP contribution in [0.3, 0.4) is 0 Å². The van der Waals surface area contributed by atoms with Crippen molar-refractivity contribution in [2.45, 2.75) is 32.5 Å². The predicted molar refractivity (Wildman–Crippen MR) is 60.3 cm³/mol. The summed E-state index contributed by atoms with van der Waals surface area (Å²) in [5, 5.41) is 0. The molecule has 0 rings (SSSR count). The fraction of sp³-hybridized carbons (Fsp3) is 0.417. The first kappa shape index (κ1) is 13.5. The lowest BCUT2D eigenvalue weighted by Gasteiger charge is -2.16. The van der Waals surface area contributed by atoms with Crippen molar-refractivity contribution in [2.24, 2.45) is 0 Å². The third kappa shape index (κ3) is 7.55. The molecule has 0 saturated carbocycles. The monoisotopic (exact) mass is 210 g/mol. The first-order chi connectivity index (χ1) is 7.10. The number of allylic oxidation sites excluding steroid dienone is 2. The van der Waals surface area contributed by atoms with E-state index in [2.05, 4.69) is 13.2 Å². The Labute approximate surface area is 91.1 Å². The minimum atomic E-state index is -0.406. The maximum absolute atomic E-state index is 10.9. The lowest BCUT2D eigenvalue weighted by atomic mass is 10.2. The third-order valence-electron chi connectivity index (χ3n) is 1.67. The highest BCUT2D eigenvalue weighted by Gasteiger charge is 2.11. The van der Waals surface area contributed by atoms with Crippen LogP contribution in [-0.4, -0.2) is 18.2 Å². The molecule has 0 saturated heterocycles. The molecule has 2 atom stereocenters. The highest BCUT2D eigenvalue weighted by atomic mass is 16.5. The molecule has 0 aliphatic carbocycles. The molecule has 84 valence electrons. The standard InChI is InChI=1S/C12H18O3/c1-5-7-8-14-10(3)9-11(4)15-12(13)6-2/h5-8,10-11H,1-2,9H2,3-4H3/b8-7+/t10-,11+/m0/s1. The van der Waals surface area contributed by atoms with Gasteiger partial charge in [0.15, 0.2) is 0 Å². The number of rotatable bonds is 7. The molecule has 3 heteroatoms. The molecule has 0 amide bonds. The van der Waals surface area contributed by atoms with Crippen LogP contribution in [0.2, 0.25) is 0 Å². The van der Waals surface area contributed by atoms with E-state index < -0.39 is 5.97 Å². The van der Waals surface area contributed by atoms with E-state index in [4.69, 9.17) is 9.47 Å². The van der Waals surface area contributed by atoms with Crippen LogP contribution >= 0.6 is 0 Å². The van der Waals surface area contributed by atoms with Crippen LogP contribution in [0.4, 0.5) is 0 Å². The van der Waals surface area contributed by atoms with Gasteiger partial charge in [-0.05, 0) is 19.9 Å². The average molecular weight is 210 g/mol. The van der Waals surface area contributed by atoms with Gasteiger partial charge in [0.2, 0.25) is 0 Å². The van der Waals surface area contributed by atoms with Gasteiger partial charge in [0.25, 0.3) is 0 Å². The predicted octanol–water partition coefficient (Wildman–Crippen LogP) is 2.60. The zero-order chi connectivity index (χ0) is 11.7. The van der Waals surface area contributed by atoms with Gasteiger partial charge in [-0.2, -0.15) is 0 Å². The van der Waals surface area contributed by atoms with E-state index >= 15 is 0 Å². The number of ether oxygens (including phenoxy) is 2. The largest absolute Gasteiger partial charge is 0.498 e. The summed E-state index contributed by atoms with van der Waals surface area (Å²) in [5.41, 5.74) is 0. The molecule has 0 fully saturated rings. The van der Waals surface area contributed by atoms with Crippen LogP contribution in [0.1, 0.15) is 20.3 Å². The normalized spacial score (nSPS) is 14.3. The van der Waals surface area contributed by atoms with Gasteiger partial charge in [0.1, 0.15) is 6.10 Å². The Bertz CT molecular complexity index is 243. The molecule has 15 heavy (non-hydrogen) atoms. The summed E-state index contributed by atoms with van der Waals surface area (Å²) in [6, 6.07) is 0. The first-order valence-corrected chi connectivity index (χ1v) is 4.86. The second-order valence-electron chi connectivity index (χ2n) is 3.20. The minimum absolute atomic E-state index is 0.00573. The molecule has 0 aliphatic heterocycles. The summed E-state index contributed by atoms with van der Waals surface area (Å²) in [6.07, 6.45) is 6.52. The van der Waals surface area contributed by atoms with Gasteiger partial charge in [-0.25, -0.2) is 4.79 Å². The van der Waals surface area contributed by atoms with Crippen LogP contribution in [0, 0.1) is 0 Å². The first-order valence-electron chi connectivity index (χ1n) is 4.86. The van der Waals surface area contributed by atoms with Gasteiger partial charge in [0.05, 0.1) is 12.4 Å². The Morgan fingerprint density at radius 3 is 2.53 bits per heavy atom. The second-order valence-corrected chi connectivity index (χ2v) is 3.20. The molecular formula is C12H18O3. The van der Waals surface area contributed by atoms with Crippen molar-refractivity contribution in [3.63, 3.8) is 0 Å². The fourth-order valence-corrected chi connectivity index (χ4v) is 1.05. The molecule has 3 nitrogen and oxygen atoms in total. The topological polar surface area (TPSA) is 35.5 Å². The molecule has 0 aromatic carbocycles. The SMILES string of the molecule is C=C/C=C/O[C@@H](C)C[C@@H](C)OC(=O)C=C. The van der Waals surface area contributed by atoms with E-state index in [0.717, 1.165) is 6.08 Å². The maximum atomic E-state index is 10.9. The summed E-state index contributed by atoms with van der Waals surface area (Å²) in [4.78, 5) is 10.9. The van der Waals surface area contributed by atoms with E-state index in [-0.39, 0.29) is 12.2 Å². The summed E-state index contributed by atoms with van der Waals surface area (Å²) < 4.78 is 10.3. The Balaban J connectivity index is 3.79. The number of carbonyl (C=O) groups excluding carboxylic acids is 1. The van der Waals surface area contributed by atoms with Crippen molar-refractivity contribution < 1.29 is 14.3 Å². The third-order valence-corrected chi connectivity index (χ3v) is 1.67.